The molecule has 8 nitrogen and oxygen atoms in total. The first kappa shape index (κ1) is 16.7. The normalized spacial score (nSPS) is 16.6. The van der Waals surface area contributed by atoms with Crippen LogP contribution in [0.3, 0.4) is 0 Å². The van der Waals surface area contributed by atoms with Gasteiger partial charge in [0, 0.05) is 39.8 Å². The number of nitrogens with zero attached hydrogens (tertiary/aromatic N) is 3. The van der Waals surface area contributed by atoms with Gasteiger partial charge >= 0.3 is 0 Å². The van der Waals surface area contributed by atoms with E-state index in [-0.39, 0.29) is 10.6 Å². The number of rotatable bonds is 4. The zero-order chi connectivity index (χ0) is 16.3. The summed E-state index contributed by atoms with van der Waals surface area (Å²) in [7, 11) is -0.893. The lowest BCUT2D eigenvalue weighted by Gasteiger charge is -2.22. The van der Waals surface area contributed by atoms with Gasteiger partial charge in [0.25, 0.3) is 5.69 Å². The molecule has 122 valence electrons. The lowest BCUT2D eigenvalue weighted by atomic mass is 10.2. The number of nitro benzene ring substituents is 1. The monoisotopic (exact) mass is 328 g/mol. The van der Waals surface area contributed by atoms with Gasteiger partial charge in [0.15, 0.2) is 0 Å². The summed E-state index contributed by atoms with van der Waals surface area (Å²) < 4.78 is 25.3. The number of benzene rings is 1. The van der Waals surface area contributed by atoms with Crippen LogP contribution in [0.5, 0.6) is 0 Å². The molecule has 0 amide bonds. The Morgan fingerprint density at radius 1 is 1.27 bits per heavy atom. The molecule has 1 saturated heterocycles. The maximum atomic E-state index is 12.1. The van der Waals surface area contributed by atoms with E-state index in [2.05, 4.69) is 5.32 Å². The van der Waals surface area contributed by atoms with Crippen molar-refractivity contribution in [1.82, 2.24) is 9.62 Å². The van der Waals surface area contributed by atoms with Gasteiger partial charge in [-0.3, -0.25) is 10.1 Å². The summed E-state index contributed by atoms with van der Waals surface area (Å²) in [4.78, 5) is 12.7. The van der Waals surface area contributed by atoms with E-state index in [4.69, 9.17) is 0 Å². The number of hydrogen-bond donors (Lipinski definition) is 1. The van der Waals surface area contributed by atoms with Crippen LogP contribution < -0.4 is 10.2 Å². The fourth-order valence-electron chi connectivity index (χ4n) is 2.37. The van der Waals surface area contributed by atoms with Crippen LogP contribution in [0, 0.1) is 10.1 Å². The highest BCUT2D eigenvalue weighted by Gasteiger charge is 2.25. The summed E-state index contributed by atoms with van der Waals surface area (Å²) in [6.45, 7) is 2.97. The SMILES string of the molecule is CN(C)S(=O)(=O)c1ccc(N2CCCNCC2)c([N+](=O)[O-])c1. The maximum absolute atomic E-state index is 12.1. The lowest BCUT2D eigenvalue weighted by molar-refractivity contribution is -0.384. The molecular weight excluding hydrogens is 308 g/mol. The maximum Gasteiger partial charge on any atom is 0.293 e. The summed E-state index contributed by atoms with van der Waals surface area (Å²) in [5.74, 6) is 0. The minimum Gasteiger partial charge on any atom is -0.365 e. The molecule has 9 heteroatoms. The average Bonchev–Trinajstić information content (AvgIpc) is 2.75. The Morgan fingerprint density at radius 3 is 2.64 bits per heavy atom. The van der Waals surface area contributed by atoms with Gasteiger partial charge in [-0.1, -0.05) is 0 Å². The molecule has 0 aromatic heterocycles. The minimum atomic E-state index is -3.69. The van der Waals surface area contributed by atoms with Gasteiger partial charge in [-0.2, -0.15) is 0 Å². The first-order chi connectivity index (χ1) is 10.3. The molecule has 22 heavy (non-hydrogen) atoms. The minimum absolute atomic E-state index is 0.0686. The largest absolute Gasteiger partial charge is 0.365 e. The number of nitrogens with one attached hydrogen (secondary N) is 1. The van der Waals surface area contributed by atoms with E-state index in [9.17, 15) is 18.5 Å². The Kier molecular flexibility index (Phi) is 4.99. The van der Waals surface area contributed by atoms with Crippen molar-refractivity contribution < 1.29 is 13.3 Å². The van der Waals surface area contributed by atoms with Crippen LogP contribution in [-0.2, 0) is 10.0 Å². The van der Waals surface area contributed by atoms with Crippen molar-refractivity contribution in [3.8, 4) is 0 Å². The smallest absolute Gasteiger partial charge is 0.293 e. The van der Waals surface area contributed by atoms with E-state index < -0.39 is 14.9 Å². The molecule has 1 aromatic rings. The molecule has 1 aliphatic rings. The molecule has 0 unspecified atom stereocenters. The van der Waals surface area contributed by atoms with E-state index >= 15 is 0 Å². The summed E-state index contributed by atoms with van der Waals surface area (Å²) in [6.07, 6.45) is 0.884. The van der Waals surface area contributed by atoms with Crippen LogP contribution in [0.1, 0.15) is 6.42 Å². The van der Waals surface area contributed by atoms with Crippen LogP contribution in [0.25, 0.3) is 0 Å². The summed E-state index contributed by atoms with van der Waals surface area (Å²) in [5.41, 5.74) is 0.288. The standard InChI is InChI=1S/C13H20N4O4S/c1-15(2)22(20,21)11-4-5-12(13(10-11)17(18)19)16-8-3-6-14-7-9-16/h4-5,10,14H,3,6-9H2,1-2H3. The number of hydrogen-bond acceptors (Lipinski definition) is 6. The van der Waals surface area contributed by atoms with Gasteiger partial charge in [-0.25, -0.2) is 12.7 Å². The molecule has 2 rings (SSSR count). The van der Waals surface area contributed by atoms with E-state index in [1.54, 1.807) is 0 Å². The van der Waals surface area contributed by atoms with Gasteiger partial charge in [0.05, 0.1) is 9.82 Å². The Bertz CT molecular complexity index is 652. The Balaban J connectivity index is 2.46. The average molecular weight is 328 g/mol. The molecule has 0 spiro atoms. The van der Waals surface area contributed by atoms with Gasteiger partial charge in [0.2, 0.25) is 10.0 Å². The quantitative estimate of drug-likeness (QED) is 0.644. The summed E-state index contributed by atoms with van der Waals surface area (Å²) in [6, 6.07) is 4.10. The molecule has 0 atom stereocenters. The number of sulfonamides is 1. The first-order valence-electron chi connectivity index (χ1n) is 7.00. The molecule has 1 aromatic carbocycles. The summed E-state index contributed by atoms with van der Waals surface area (Å²) >= 11 is 0. The van der Waals surface area contributed by atoms with Gasteiger partial charge < -0.3 is 10.2 Å². The van der Waals surface area contributed by atoms with Crippen molar-refractivity contribution in [2.24, 2.45) is 0 Å². The molecule has 0 saturated carbocycles. The second-order valence-electron chi connectivity index (χ2n) is 5.29. The van der Waals surface area contributed by atoms with Crippen LogP contribution in [0.2, 0.25) is 0 Å². The van der Waals surface area contributed by atoms with E-state index in [1.165, 1.54) is 26.2 Å². The van der Waals surface area contributed by atoms with Crippen molar-refractivity contribution in [2.75, 3.05) is 45.2 Å². The molecule has 0 radical (unpaired) electrons. The van der Waals surface area contributed by atoms with Crippen molar-refractivity contribution >= 4 is 21.4 Å². The third kappa shape index (κ3) is 3.37. The number of anilines is 1. The zero-order valence-electron chi connectivity index (χ0n) is 12.7. The van der Waals surface area contributed by atoms with E-state index in [0.717, 1.165) is 29.9 Å². The summed E-state index contributed by atoms with van der Waals surface area (Å²) in [5, 5.41) is 14.6. The molecule has 0 aliphatic carbocycles. The predicted molar refractivity (Wildman–Crippen MR) is 83.7 cm³/mol. The zero-order valence-corrected chi connectivity index (χ0v) is 13.5. The Morgan fingerprint density at radius 2 is 2.00 bits per heavy atom. The highest BCUT2D eigenvalue weighted by atomic mass is 32.2. The molecule has 1 heterocycles. The second kappa shape index (κ2) is 6.59. The van der Waals surface area contributed by atoms with E-state index in [1.807, 2.05) is 4.90 Å². The fourth-order valence-corrected chi connectivity index (χ4v) is 3.30. The molecule has 1 aliphatic heterocycles. The Labute approximate surface area is 129 Å². The first-order valence-corrected chi connectivity index (χ1v) is 8.44. The van der Waals surface area contributed by atoms with Gasteiger partial charge in [0.1, 0.15) is 5.69 Å². The van der Waals surface area contributed by atoms with Crippen molar-refractivity contribution in [2.45, 2.75) is 11.3 Å². The van der Waals surface area contributed by atoms with Gasteiger partial charge in [-0.15, -0.1) is 0 Å². The van der Waals surface area contributed by atoms with Crippen molar-refractivity contribution in [1.29, 1.82) is 0 Å². The van der Waals surface area contributed by atoms with Gasteiger partial charge in [-0.05, 0) is 25.1 Å². The van der Waals surface area contributed by atoms with Crippen LogP contribution in [-0.4, -0.2) is 57.9 Å². The third-order valence-corrected chi connectivity index (χ3v) is 5.41. The topological polar surface area (TPSA) is 95.8 Å². The van der Waals surface area contributed by atoms with Crippen LogP contribution in [0.4, 0.5) is 11.4 Å². The highest BCUT2D eigenvalue weighted by molar-refractivity contribution is 7.89. The van der Waals surface area contributed by atoms with Crippen molar-refractivity contribution in [3.63, 3.8) is 0 Å². The van der Waals surface area contributed by atoms with Crippen molar-refractivity contribution in [3.05, 3.63) is 28.3 Å². The lowest BCUT2D eigenvalue weighted by Crippen LogP contribution is -2.28. The predicted octanol–water partition coefficient (Wildman–Crippen LogP) is 0.645. The van der Waals surface area contributed by atoms with E-state index in [0.29, 0.717) is 18.8 Å². The fraction of sp³-hybridized carbons (Fsp3) is 0.538. The third-order valence-electron chi connectivity index (χ3n) is 3.60. The molecular formula is C13H20N4O4S. The highest BCUT2D eigenvalue weighted by Crippen LogP contribution is 2.31. The number of nitro groups is 1. The molecule has 0 bridgehead atoms. The molecule has 1 fully saturated rings. The van der Waals surface area contributed by atoms with Crippen LogP contribution >= 0.6 is 0 Å². The molecule has 1 N–H and O–H groups in total. The second-order valence-corrected chi connectivity index (χ2v) is 7.44. The Hall–Kier alpha value is -1.71. The van der Waals surface area contributed by atoms with Crippen LogP contribution in [0.15, 0.2) is 23.1 Å².